The molecular formula is C15H23NO. The molecule has 17 heavy (non-hydrogen) atoms. The molecule has 1 N–H and O–H groups in total. The third kappa shape index (κ3) is 2.03. The monoisotopic (exact) mass is 233 g/mol. The molecule has 2 nitrogen and oxygen atoms in total. The first-order chi connectivity index (χ1) is 8.30. The van der Waals surface area contributed by atoms with Crippen LogP contribution < -0.4 is 5.32 Å². The van der Waals surface area contributed by atoms with Crippen LogP contribution in [0.25, 0.3) is 0 Å². The number of furan rings is 1. The third-order valence-electron chi connectivity index (χ3n) is 4.94. The number of nitrogens with one attached hydrogen (secondary N) is 1. The van der Waals surface area contributed by atoms with Crippen molar-refractivity contribution >= 4 is 0 Å². The van der Waals surface area contributed by atoms with Crippen LogP contribution in [0.1, 0.15) is 63.7 Å². The van der Waals surface area contributed by atoms with Crippen LogP contribution >= 0.6 is 0 Å². The van der Waals surface area contributed by atoms with Crippen molar-refractivity contribution in [2.24, 2.45) is 5.41 Å². The van der Waals surface area contributed by atoms with E-state index in [0.29, 0.717) is 11.5 Å². The molecular weight excluding hydrogens is 210 g/mol. The standard InChI is InChI=1S/C15H23NO/c1-12(13-6-5-11-17-13)16-14-7-10-15(14)8-3-2-4-9-15/h5-6,11-12,14,16H,2-4,7-10H2,1H3/t12-,14?/m0/s1. The molecule has 0 saturated heterocycles. The normalized spacial score (nSPS) is 28.9. The Bertz CT molecular complexity index is 351. The fourth-order valence-electron chi connectivity index (χ4n) is 3.73. The highest BCUT2D eigenvalue weighted by Gasteiger charge is 2.47. The van der Waals surface area contributed by atoms with Gasteiger partial charge < -0.3 is 9.73 Å². The molecule has 3 rings (SSSR count). The third-order valence-corrected chi connectivity index (χ3v) is 4.94. The van der Waals surface area contributed by atoms with Crippen molar-refractivity contribution in [3.05, 3.63) is 24.2 Å². The van der Waals surface area contributed by atoms with E-state index in [-0.39, 0.29) is 0 Å². The maximum absolute atomic E-state index is 5.48. The largest absolute Gasteiger partial charge is 0.468 e. The van der Waals surface area contributed by atoms with E-state index in [4.69, 9.17) is 4.42 Å². The van der Waals surface area contributed by atoms with E-state index in [1.54, 1.807) is 6.26 Å². The molecule has 94 valence electrons. The molecule has 1 heterocycles. The lowest BCUT2D eigenvalue weighted by Gasteiger charge is -2.53. The van der Waals surface area contributed by atoms with Gasteiger partial charge in [-0.25, -0.2) is 0 Å². The zero-order valence-corrected chi connectivity index (χ0v) is 10.7. The molecule has 1 spiro atoms. The zero-order chi connectivity index (χ0) is 11.7. The molecule has 0 radical (unpaired) electrons. The summed E-state index contributed by atoms with van der Waals surface area (Å²) in [5.74, 6) is 1.07. The first-order valence-corrected chi connectivity index (χ1v) is 7.10. The van der Waals surface area contributed by atoms with Crippen molar-refractivity contribution in [2.75, 3.05) is 0 Å². The summed E-state index contributed by atoms with van der Waals surface area (Å²) in [6.45, 7) is 2.22. The van der Waals surface area contributed by atoms with Crippen LogP contribution in [-0.4, -0.2) is 6.04 Å². The number of rotatable bonds is 3. The van der Waals surface area contributed by atoms with E-state index in [1.165, 1.54) is 44.9 Å². The van der Waals surface area contributed by atoms with Gasteiger partial charge in [0, 0.05) is 6.04 Å². The molecule has 2 atom stereocenters. The van der Waals surface area contributed by atoms with Crippen molar-refractivity contribution in [2.45, 2.75) is 64.0 Å². The smallest absolute Gasteiger partial charge is 0.120 e. The van der Waals surface area contributed by atoms with Gasteiger partial charge in [-0.1, -0.05) is 19.3 Å². The van der Waals surface area contributed by atoms with Crippen molar-refractivity contribution in [1.29, 1.82) is 0 Å². The minimum Gasteiger partial charge on any atom is -0.468 e. The lowest BCUT2D eigenvalue weighted by molar-refractivity contribution is 0.0161. The van der Waals surface area contributed by atoms with Crippen LogP contribution in [0.4, 0.5) is 0 Å². The summed E-state index contributed by atoms with van der Waals surface area (Å²) >= 11 is 0. The second kappa shape index (κ2) is 4.49. The Labute approximate surface area is 104 Å². The summed E-state index contributed by atoms with van der Waals surface area (Å²) in [5, 5.41) is 3.79. The molecule has 2 heteroatoms. The van der Waals surface area contributed by atoms with Gasteiger partial charge in [-0.05, 0) is 50.2 Å². The SMILES string of the molecule is C[C@H](NC1CCC12CCCCC2)c1ccco1. The van der Waals surface area contributed by atoms with Crippen LogP contribution in [0.2, 0.25) is 0 Å². The van der Waals surface area contributed by atoms with Crippen LogP contribution in [0.5, 0.6) is 0 Å². The van der Waals surface area contributed by atoms with E-state index in [9.17, 15) is 0 Å². The Morgan fingerprint density at radius 2 is 2.12 bits per heavy atom. The van der Waals surface area contributed by atoms with Crippen LogP contribution in [0, 0.1) is 5.41 Å². The maximum atomic E-state index is 5.48. The van der Waals surface area contributed by atoms with E-state index < -0.39 is 0 Å². The van der Waals surface area contributed by atoms with Gasteiger partial charge in [0.1, 0.15) is 5.76 Å². The predicted octanol–water partition coefficient (Wildman–Crippen LogP) is 4.04. The molecule has 2 aliphatic carbocycles. The van der Waals surface area contributed by atoms with Gasteiger partial charge in [-0.3, -0.25) is 0 Å². The molecule has 0 aliphatic heterocycles. The molecule has 1 aromatic heterocycles. The van der Waals surface area contributed by atoms with E-state index >= 15 is 0 Å². The Hall–Kier alpha value is -0.760. The first kappa shape index (κ1) is 11.3. The summed E-state index contributed by atoms with van der Waals surface area (Å²) in [4.78, 5) is 0. The fraction of sp³-hybridized carbons (Fsp3) is 0.733. The van der Waals surface area contributed by atoms with Gasteiger partial charge in [0.25, 0.3) is 0 Å². The van der Waals surface area contributed by atoms with Gasteiger partial charge in [0.2, 0.25) is 0 Å². The molecule has 0 bridgehead atoms. The molecule has 1 aromatic rings. The lowest BCUT2D eigenvalue weighted by Crippen LogP contribution is -2.54. The summed E-state index contributed by atoms with van der Waals surface area (Å²) in [6.07, 6.45) is 11.8. The Morgan fingerprint density at radius 3 is 2.71 bits per heavy atom. The zero-order valence-electron chi connectivity index (χ0n) is 10.7. The van der Waals surface area contributed by atoms with E-state index in [1.807, 2.05) is 6.07 Å². The minimum atomic E-state index is 0.356. The molecule has 2 aliphatic rings. The van der Waals surface area contributed by atoms with Crippen LogP contribution in [0.3, 0.4) is 0 Å². The lowest BCUT2D eigenvalue weighted by atomic mass is 9.57. The van der Waals surface area contributed by atoms with Gasteiger partial charge in [-0.15, -0.1) is 0 Å². The van der Waals surface area contributed by atoms with E-state index in [2.05, 4.69) is 18.3 Å². The average Bonchev–Trinajstić information content (AvgIpc) is 2.89. The Morgan fingerprint density at radius 1 is 1.29 bits per heavy atom. The van der Waals surface area contributed by atoms with Crippen LogP contribution in [0.15, 0.2) is 22.8 Å². The predicted molar refractivity (Wildman–Crippen MR) is 68.8 cm³/mol. The topological polar surface area (TPSA) is 25.2 Å². The van der Waals surface area contributed by atoms with Crippen molar-refractivity contribution in [3.8, 4) is 0 Å². The summed E-state index contributed by atoms with van der Waals surface area (Å²) in [5.41, 5.74) is 0.638. The molecule has 2 fully saturated rings. The maximum Gasteiger partial charge on any atom is 0.120 e. The van der Waals surface area contributed by atoms with Crippen molar-refractivity contribution in [3.63, 3.8) is 0 Å². The minimum absolute atomic E-state index is 0.356. The quantitative estimate of drug-likeness (QED) is 0.852. The second-order valence-corrected chi connectivity index (χ2v) is 5.92. The summed E-state index contributed by atoms with van der Waals surface area (Å²) in [6, 6.07) is 5.13. The fourth-order valence-corrected chi connectivity index (χ4v) is 3.73. The van der Waals surface area contributed by atoms with Gasteiger partial charge in [0.05, 0.1) is 12.3 Å². The highest BCUT2D eigenvalue weighted by atomic mass is 16.3. The molecule has 0 aromatic carbocycles. The summed E-state index contributed by atoms with van der Waals surface area (Å²) in [7, 11) is 0. The van der Waals surface area contributed by atoms with E-state index in [0.717, 1.165) is 11.8 Å². The Kier molecular flexibility index (Phi) is 2.99. The van der Waals surface area contributed by atoms with Gasteiger partial charge in [0.15, 0.2) is 0 Å². The first-order valence-electron chi connectivity index (χ1n) is 7.10. The second-order valence-electron chi connectivity index (χ2n) is 5.92. The highest BCUT2D eigenvalue weighted by molar-refractivity contribution is 5.07. The number of hydrogen-bond acceptors (Lipinski definition) is 2. The Balaban J connectivity index is 1.62. The molecule has 2 saturated carbocycles. The van der Waals surface area contributed by atoms with Crippen molar-refractivity contribution < 1.29 is 4.42 Å². The highest BCUT2D eigenvalue weighted by Crippen LogP contribution is 2.52. The van der Waals surface area contributed by atoms with Gasteiger partial charge >= 0.3 is 0 Å². The van der Waals surface area contributed by atoms with Gasteiger partial charge in [-0.2, -0.15) is 0 Å². The van der Waals surface area contributed by atoms with Crippen LogP contribution in [-0.2, 0) is 0 Å². The summed E-state index contributed by atoms with van der Waals surface area (Å²) < 4.78 is 5.48. The van der Waals surface area contributed by atoms with Crippen molar-refractivity contribution in [1.82, 2.24) is 5.32 Å². The molecule has 1 unspecified atom stereocenters. The molecule has 0 amide bonds. The average molecular weight is 233 g/mol. The number of hydrogen-bond donors (Lipinski definition) is 1.